The normalized spacial score (nSPS) is 10.5. The average Bonchev–Trinajstić information content (AvgIpc) is 3.11. The molecule has 2 N–H and O–H groups in total. The summed E-state index contributed by atoms with van der Waals surface area (Å²) in [6.45, 7) is 0.405. The minimum Gasteiger partial charge on any atom is -0.350 e. The van der Waals surface area contributed by atoms with E-state index in [0.717, 1.165) is 4.88 Å². The molecule has 3 aromatic rings. The monoisotopic (exact) mass is 342 g/mol. The Morgan fingerprint density at radius 2 is 2.08 bits per heavy atom. The molecule has 1 amide bonds. The van der Waals surface area contributed by atoms with Crippen molar-refractivity contribution in [2.45, 2.75) is 6.54 Å². The molecule has 0 spiro atoms. The third-order valence-corrected chi connectivity index (χ3v) is 4.20. The first kappa shape index (κ1) is 15.9. The fraction of sp³-hybridized carbons (Fsp3) is 0.125. The number of aromatic amines is 1. The van der Waals surface area contributed by atoms with E-state index in [2.05, 4.69) is 15.4 Å². The summed E-state index contributed by atoms with van der Waals surface area (Å²) in [5.74, 6) is -0.487. The number of H-pyrrole nitrogens is 1. The van der Waals surface area contributed by atoms with E-state index >= 15 is 0 Å². The van der Waals surface area contributed by atoms with Gasteiger partial charge >= 0.3 is 0 Å². The maximum atomic E-state index is 12.0. The average molecular weight is 342 g/mol. The molecule has 7 nitrogen and oxygen atoms in total. The predicted octanol–water partition coefficient (Wildman–Crippen LogP) is 1.09. The Labute approximate surface area is 140 Å². The van der Waals surface area contributed by atoms with Crippen LogP contribution < -0.4 is 16.4 Å². The Balaban J connectivity index is 1.68. The van der Waals surface area contributed by atoms with Crippen LogP contribution in [0.3, 0.4) is 0 Å². The predicted molar refractivity (Wildman–Crippen MR) is 91.2 cm³/mol. The van der Waals surface area contributed by atoms with Crippen LogP contribution in [0, 0.1) is 0 Å². The van der Waals surface area contributed by atoms with Crippen molar-refractivity contribution in [3.05, 3.63) is 74.2 Å². The Morgan fingerprint density at radius 1 is 1.21 bits per heavy atom. The molecule has 0 aliphatic rings. The Bertz CT molecular complexity index is 960. The molecule has 0 saturated carbocycles. The van der Waals surface area contributed by atoms with Crippen LogP contribution >= 0.6 is 11.3 Å². The van der Waals surface area contributed by atoms with E-state index in [4.69, 9.17) is 0 Å². The minimum absolute atomic E-state index is 0.0325. The van der Waals surface area contributed by atoms with Crippen molar-refractivity contribution < 1.29 is 4.79 Å². The van der Waals surface area contributed by atoms with Crippen LogP contribution in [-0.4, -0.2) is 27.2 Å². The van der Waals surface area contributed by atoms with Crippen LogP contribution in [0.5, 0.6) is 0 Å². The smallest absolute Gasteiger partial charge is 0.266 e. The summed E-state index contributed by atoms with van der Waals surface area (Å²) in [7, 11) is 0. The number of pyridine rings is 1. The summed E-state index contributed by atoms with van der Waals surface area (Å²) in [6.07, 6.45) is 1.46. The molecule has 0 bridgehead atoms. The Hall–Kier alpha value is -3.00. The first-order valence-electron chi connectivity index (χ1n) is 7.23. The van der Waals surface area contributed by atoms with Crippen LogP contribution in [0.1, 0.15) is 10.4 Å². The number of amides is 1. The van der Waals surface area contributed by atoms with Crippen molar-refractivity contribution in [2.75, 3.05) is 6.54 Å². The van der Waals surface area contributed by atoms with Crippen molar-refractivity contribution >= 4 is 17.2 Å². The highest BCUT2D eigenvalue weighted by Gasteiger charge is 2.09. The van der Waals surface area contributed by atoms with Gasteiger partial charge in [0.2, 0.25) is 0 Å². The molecule has 3 rings (SSSR count). The van der Waals surface area contributed by atoms with E-state index in [1.165, 1.54) is 34.3 Å². The van der Waals surface area contributed by atoms with E-state index in [9.17, 15) is 14.4 Å². The molecule has 3 heterocycles. The largest absolute Gasteiger partial charge is 0.350 e. The van der Waals surface area contributed by atoms with Gasteiger partial charge in [-0.05, 0) is 29.6 Å². The lowest BCUT2D eigenvalue weighted by Crippen LogP contribution is -2.34. The minimum atomic E-state index is -0.487. The second kappa shape index (κ2) is 7.05. The molecule has 0 aliphatic heterocycles. The lowest BCUT2D eigenvalue weighted by atomic mass is 10.2. The zero-order valence-electron chi connectivity index (χ0n) is 12.6. The van der Waals surface area contributed by atoms with Crippen molar-refractivity contribution in [3.63, 3.8) is 0 Å². The zero-order valence-corrected chi connectivity index (χ0v) is 13.4. The fourth-order valence-corrected chi connectivity index (χ4v) is 2.83. The number of hydrogen-bond donors (Lipinski definition) is 2. The highest BCUT2D eigenvalue weighted by atomic mass is 32.1. The molecule has 8 heteroatoms. The molecule has 24 heavy (non-hydrogen) atoms. The van der Waals surface area contributed by atoms with Gasteiger partial charge in [0.15, 0.2) is 0 Å². The molecular weight excluding hydrogens is 328 g/mol. The van der Waals surface area contributed by atoms with Crippen molar-refractivity contribution in [1.82, 2.24) is 20.1 Å². The van der Waals surface area contributed by atoms with Crippen LogP contribution in [-0.2, 0) is 6.54 Å². The van der Waals surface area contributed by atoms with Crippen LogP contribution in [0.2, 0.25) is 0 Å². The molecule has 0 aromatic carbocycles. The molecule has 0 radical (unpaired) electrons. The van der Waals surface area contributed by atoms with Crippen LogP contribution in [0.15, 0.2) is 57.6 Å². The van der Waals surface area contributed by atoms with E-state index < -0.39 is 11.5 Å². The van der Waals surface area contributed by atoms with Gasteiger partial charge in [0.05, 0.1) is 11.4 Å². The molecule has 0 aliphatic carbocycles. The summed E-state index contributed by atoms with van der Waals surface area (Å²) in [5, 5.41) is 8.85. The van der Waals surface area contributed by atoms with Gasteiger partial charge in [-0.25, -0.2) is 4.68 Å². The first-order chi connectivity index (χ1) is 11.6. The molecule has 0 atom stereocenters. The Morgan fingerprint density at radius 3 is 2.83 bits per heavy atom. The first-order valence-corrected chi connectivity index (χ1v) is 8.11. The third-order valence-electron chi connectivity index (χ3n) is 3.31. The second-order valence-corrected chi connectivity index (χ2v) is 5.87. The van der Waals surface area contributed by atoms with E-state index in [1.54, 1.807) is 12.1 Å². The van der Waals surface area contributed by atoms with Crippen molar-refractivity contribution in [1.29, 1.82) is 0 Å². The van der Waals surface area contributed by atoms with Gasteiger partial charge in [0.1, 0.15) is 11.3 Å². The van der Waals surface area contributed by atoms with Gasteiger partial charge < -0.3 is 10.3 Å². The van der Waals surface area contributed by atoms with Gasteiger partial charge in [0, 0.05) is 18.8 Å². The number of thiophene rings is 1. The maximum absolute atomic E-state index is 12.0. The lowest BCUT2D eigenvalue weighted by Gasteiger charge is -2.07. The number of nitrogens with zero attached hydrogens (tertiary/aromatic N) is 2. The fourth-order valence-electron chi connectivity index (χ4n) is 2.14. The van der Waals surface area contributed by atoms with E-state index in [1.807, 2.05) is 17.5 Å². The van der Waals surface area contributed by atoms with Gasteiger partial charge in [-0.15, -0.1) is 11.3 Å². The van der Waals surface area contributed by atoms with Gasteiger partial charge in [-0.2, -0.15) is 5.10 Å². The number of carbonyl (C=O) groups is 1. The molecule has 0 fully saturated rings. The summed E-state index contributed by atoms with van der Waals surface area (Å²) in [4.78, 5) is 38.8. The van der Waals surface area contributed by atoms with Crippen LogP contribution in [0.4, 0.5) is 0 Å². The number of aromatic nitrogens is 3. The van der Waals surface area contributed by atoms with Gasteiger partial charge in [-0.3, -0.25) is 14.4 Å². The number of rotatable bonds is 5. The SMILES string of the molecule is O=C(NCCn1nc(-c2cccs2)ccc1=O)c1ccc[nH]c1=O. The summed E-state index contributed by atoms with van der Waals surface area (Å²) < 4.78 is 1.30. The highest BCUT2D eigenvalue weighted by molar-refractivity contribution is 7.13. The maximum Gasteiger partial charge on any atom is 0.266 e. The third kappa shape index (κ3) is 3.49. The molecule has 0 unspecified atom stereocenters. The molecule has 0 saturated heterocycles. The van der Waals surface area contributed by atoms with Crippen molar-refractivity contribution in [2.24, 2.45) is 0 Å². The second-order valence-electron chi connectivity index (χ2n) is 4.93. The summed E-state index contributed by atoms with van der Waals surface area (Å²) in [5.41, 5.74) is 0.0349. The highest BCUT2D eigenvalue weighted by Crippen LogP contribution is 2.20. The quantitative estimate of drug-likeness (QED) is 0.725. The van der Waals surface area contributed by atoms with Crippen LogP contribution in [0.25, 0.3) is 10.6 Å². The molecule has 122 valence electrons. The number of carbonyl (C=O) groups excluding carboxylic acids is 1. The van der Waals surface area contributed by atoms with Crippen molar-refractivity contribution in [3.8, 4) is 10.6 Å². The van der Waals surface area contributed by atoms with E-state index in [0.29, 0.717) is 5.69 Å². The topological polar surface area (TPSA) is 96.8 Å². The lowest BCUT2D eigenvalue weighted by molar-refractivity contribution is 0.0950. The van der Waals surface area contributed by atoms with Gasteiger partial charge in [-0.1, -0.05) is 6.07 Å². The number of nitrogens with one attached hydrogen (secondary N) is 2. The molecule has 3 aromatic heterocycles. The standard InChI is InChI=1S/C16H14N4O3S/c21-14-6-5-12(13-4-2-10-24-13)19-20(14)9-8-18-16(23)11-3-1-7-17-15(11)22/h1-7,10H,8-9H2,(H,17,22)(H,18,23). The summed E-state index contributed by atoms with van der Waals surface area (Å²) in [6, 6.07) is 9.97. The zero-order chi connectivity index (χ0) is 16.9. The van der Waals surface area contributed by atoms with E-state index in [-0.39, 0.29) is 24.2 Å². The molecular formula is C16H14N4O3S. The summed E-state index contributed by atoms with van der Waals surface area (Å²) >= 11 is 1.53. The Kier molecular flexibility index (Phi) is 4.66. The van der Waals surface area contributed by atoms with Gasteiger partial charge in [0.25, 0.3) is 17.0 Å². The number of hydrogen-bond acceptors (Lipinski definition) is 5.